The number of aromatic nitrogens is 2. The van der Waals surface area contributed by atoms with Gasteiger partial charge in [-0.3, -0.25) is 4.98 Å². The number of nitrogens with zero attached hydrogens (tertiary/aromatic N) is 2. The minimum absolute atomic E-state index is 0.0418. The predicted molar refractivity (Wildman–Crippen MR) is 66.4 cm³/mol. The highest BCUT2D eigenvalue weighted by Crippen LogP contribution is 2.34. The molecule has 94 valence electrons. The van der Waals surface area contributed by atoms with Crippen LogP contribution in [-0.4, -0.2) is 23.0 Å². The summed E-state index contributed by atoms with van der Waals surface area (Å²) in [4.78, 5) is 19.4. The summed E-state index contributed by atoms with van der Waals surface area (Å²) in [6.45, 7) is 1.97. The van der Waals surface area contributed by atoms with E-state index in [1.165, 1.54) is 18.9 Å². The van der Waals surface area contributed by atoms with Crippen LogP contribution in [-0.2, 0) is 4.74 Å². The lowest BCUT2D eigenvalue weighted by molar-refractivity contribution is 0.0563. The van der Waals surface area contributed by atoms with Gasteiger partial charge in [-0.15, -0.1) is 0 Å². The lowest BCUT2D eigenvalue weighted by atomic mass is 10.3. The minimum atomic E-state index is -0.474. The van der Waals surface area contributed by atoms with E-state index in [1.54, 1.807) is 30.7 Å². The molecule has 0 spiro atoms. The number of carbonyl (C=O) groups excluding carboxylic acids is 1. The van der Waals surface area contributed by atoms with Crippen LogP contribution in [0.3, 0.4) is 0 Å². The fourth-order valence-corrected chi connectivity index (χ4v) is 2.22. The van der Waals surface area contributed by atoms with Crippen LogP contribution < -0.4 is 0 Å². The first-order chi connectivity index (χ1) is 8.70. The number of ether oxygens (including phenoxy) is 1. The van der Waals surface area contributed by atoms with Crippen LogP contribution >= 0.6 is 11.8 Å². The molecule has 5 nitrogen and oxygen atoms in total. The molecular formula is C12H12N2O3S. The second kappa shape index (κ2) is 5.68. The van der Waals surface area contributed by atoms with Gasteiger partial charge in [0.05, 0.1) is 18.6 Å². The lowest BCUT2D eigenvalue weighted by Gasteiger charge is -2.06. The highest BCUT2D eigenvalue weighted by Gasteiger charge is 2.16. The third-order valence-electron chi connectivity index (χ3n) is 2.25. The summed E-state index contributed by atoms with van der Waals surface area (Å²) < 4.78 is 10.0. The van der Waals surface area contributed by atoms with Gasteiger partial charge in [0, 0.05) is 12.4 Å². The number of furan rings is 1. The Labute approximate surface area is 109 Å². The Hall–Kier alpha value is -1.82. The molecule has 0 fully saturated rings. The van der Waals surface area contributed by atoms with Crippen LogP contribution in [0.25, 0.3) is 0 Å². The van der Waals surface area contributed by atoms with E-state index in [-0.39, 0.29) is 11.0 Å². The summed E-state index contributed by atoms with van der Waals surface area (Å²) in [5, 5.41) is 0.848. The SMILES string of the molecule is COC(=O)c1ccc(C(C)Sc2cnccn2)o1. The van der Waals surface area contributed by atoms with Gasteiger partial charge >= 0.3 is 5.97 Å². The molecule has 0 aliphatic heterocycles. The molecule has 6 heteroatoms. The van der Waals surface area contributed by atoms with Crippen molar-refractivity contribution in [2.24, 2.45) is 0 Å². The quantitative estimate of drug-likeness (QED) is 0.625. The Kier molecular flexibility index (Phi) is 3.99. The fraction of sp³-hybridized carbons (Fsp3) is 0.250. The highest BCUT2D eigenvalue weighted by atomic mass is 32.2. The second-order valence-electron chi connectivity index (χ2n) is 3.50. The van der Waals surface area contributed by atoms with Crippen LogP contribution in [0.15, 0.2) is 40.2 Å². The van der Waals surface area contributed by atoms with E-state index in [1.807, 2.05) is 6.92 Å². The predicted octanol–water partition coefficient (Wildman–Crippen LogP) is 2.71. The first-order valence-corrected chi connectivity index (χ1v) is 6.19. The molecule has 2 aromatic rings. The zero-order chi connectivity index (χ0) is 13.0. The molecule has 0 aliphatic carbocycles. The van der Waals surface area contributed by atoms with Crippen molar-refractivity contribution in [3.63, 3.8) is 0 Å². The summed E-state index contributed by atoms with van der Waals surface area (Å²) in [6.07, 6.45) is 4.94. The maximum atomic E-state index is 11.3. The molecule has 2 aromatic heterocycles. The van der Waals surface area contributed by atoms with Gasteiger partial charge in [-0.25, -0.2) is 9.78 Å². The third-order valence-corrected chi connectivity index (χ3v) is 3.29. The maximum Gasteiger partial charge on any atom is 0.373 e. The van der Waals surface area contributed by atoms with E-state index in [2.05, 4.69) is 14.7 Å². The first-order valence-electron chi connectivity index (χ1n) is 5.31. The average Bonchev–Trinajstić information content (AvgIpc) is 2.88. The molecule has 0 amide bonds. The van der Waals surface area contributed by atoms with Crippen molar-refractivity contribution in [2.45, 2.75) is 17.2 Å². The summed E-state index contributed by atoms with van der Waals surface area (Å²) in [7, 11) is 1.32. The van der Waals surface area contributed by atoms with E-state index < -0.39 is 5.97 Å². The van der Waals surface area contributed by atoms with Crippen molar-refractivity contribution in [2.75, 3.05) is 7.11 Å². The molecule has 0 radical (unpaired) electrons. The normalized spacial score (nSPS) is 12.1. The van der Waals surface area contributed by atoms with E-state index in [0.717, 1.165) is 5.03 Å². The van der Waals surface area contributed by atoms with Gasteiger partial charge in [-0.2, -0.15) is 0 Å². The third kappa shape index (κ3) is 2.89. The van der Waals surface area contributed by atoms with E-state index in [4.69, 9.17) is 4.42 Å². The Bertz CT molecular complexity index is 527. The van der Waals surface area contributed by atoms with E-state index >= 15 is 0 Å². The van der Waals surface area contributed by atoms with E-state index in [9.17, 15) is 4.79 Å². The topological polar surface area (TPSA) is 65.2 Å². The monoisotopic (exact) mass is 264 g/mol. The summed E-state index contributed by atoms with van der Waals surface area (Å²) in [5.74, 6) is 0.433. The number of carbonyl (C=O) groups is 1. The standard InChI is InChI=1S/C12H12N2O3S/c1-8(18-11-7-13-5-6-14-11)9-3-4-10(17-9)12(15)16-2/h3-8H,1-2H3. The van der Waals surface area contributed by atoms with Gasteiger partial charge in [0.15, 0.2) is 0 Å². The molecule has 0 N–H and O–H groups in total. The fourth-order valence-electron chi connectivity index (χ4n) is 1.37. The van der Waals surface area contributed by atoms with Crippen LogP contribution in [0.2, 0.25) is 0 Å². The average molecular weight is 264 g/mol. The molecule has 0 saturated heterocycles. The number of hydrogen-bond acceptors (Lipinski definition) is 6. The van der Waals surface area contributed by atoms with Crippen molar-refractivity contribution < 1.29 is 13.9 Å². The van der Waals surface area contributed by atoms with E-state index in [0.29, 0.717) is 5.76 Å². The number of rotatable bonds is 4. The van der Waals surface area contributed by atoms with Gasteiger partial charge in [0.1, 0.15) is 10.8 Å². The smallest absolute Gasteiger partial charge is 0.373 e. The largest absolute Gasteiger partial charge is 0.463 e. The van der Waals surface area contributed by atoms with Crippen molar-refractivity contribution in [1.29, 1.82) is 0 Å². The zero-order valence-corrected chi connectivity index (χ0v) is 10.8. The van der Waals surface area contributed by atoms with Crippen molar-refractivity contribution >= 4 is 17.7 Å². The summed E-state index contributed by atoms with van der Waals surface area (Å²) in [6, 6.07) is 3.37. The number of esters is 1. The van der Waals surface area contributed by atoms with Gasteiger partial charge in [0.25, 0.3) is 0 Å². The van der Waals surface area contributed by atoms with Crippen molar-refractivity contribution in [3.05, 3.63) is 42.2 Å². The molecule has 0 bridgehead atoms. The maximum absolute atomic E-state index is 11.3. The van der Waals surface area contributed by atoms with Crippen LogP contribution in [0.1, 0.15) is 28.5 Å². The molecule has 0 saturated carbocycles. The Morgan fingerprint density at radius 3 is 2.94 bits per heavy atom. The second-order valence-corrected chi connectivity index (χ2v) is 4.86. The number of methoxy groups -OCH3 is 1. The van der Waals surface area contributed by atoms with Crippen LogP contribution in [0, 0.1) is 0 Å². The van der Waals surface area contributed by atoms with Gasteiger partial charge < -0.3 is 9.15 Å². The molecule has 1 atom stereocenters. The van der Waals surface area contributed by atoms with Crippen molar-refractivity contribution in [1.82, 2.24) is 9.97 Å². The molecule has 2 heterocycles. The molecule has 0 aliphatic rings. The number of thioether (sulfide) groups is 1. The van der Waals surface area contributed by atoms with Gasteiger partial charge in [-0.1, -0.05) is 11.8 Å². The zero-order valence-electron chi connectivity index (χ0n) is 9.99. The Balaban J connectivity index is 2.07. The van der Waals surface area contributed by atoms with Gasteiger partial charge in [0.2, 0.25) is 5.76 Å². The van der Waals surface area contributed by atoms with Crippen LogP contribution in [0.4, 0.5) is 0 Å². The lowest BCUT2D eigenvalue weighted by Crippen LogP contribution is -1.98. The van der Waals surface area contributed by atoms with Gasteiger partial charge in [-0.05, 0) is 19.1 Å². The summed E-state index contributed by atoms with van der Waals surface area (Å²) in [5.41, 5.74) is 0. The van der Waals surface area contributed by atoms with Crippen molar-refractivity contribution in [3.8, 4) is 0 Å². The number of hydrogen-bond donors (Lipinski definition) is 0. The Morgan fingerprint density at radius 1 is 1.44 bits per heavy atom. The van der Waals surface area contributed by atoms with Crippen LogP contribution in [0.5, 0.6) is 0 Å². The Morgan fingerprint density at radius 2 is 2.28 bits per heavy atom. The molecule has 1 unspecified atom stereocenters. The summed E-state index contributed by atoms with van der Waals surface area (Å²) >= 11 is 1.51. The first kappa shape index (κ1) is 12.6. The molecular weight excluding hydrogens is 252 g/mol. The highest BCUT2D eigenvalue weighted by molar-refractivity contribution is 7.99. The molecule has 2 rings (SSSR count). The minimum Gasteiger partial charge on any atom is -0.463 e. The molecule has 0 aromatic carbocycles. The molecule has 18 heavy (non-hydrogen) atoms.